The van der Waals surface area contributed by atoms with Crippen LogP contribution in [-0.2, 0) is 12.7 Å². The molecule has 0 fully saturated rings. The lowest BCUT2D eigenvalue weighted by Crippen LogP contribution is -2.19. The van der Waals surface area contributed by atoms with Gasteiger partial charge in [-0.05, 0) is 43.7 Å². The number of amides is 2. The number of pyridine rings is 1. The minimum Gasteiger partial charge on any atom is -0.364 e. The van der Waals surface area contributed by atoms with E-state index in [1.165, 1.54) is 19.9 Å². The number of hydrogen-bond acceptors (Lipinski definition) is 5. The number of ketones is 1. The topological polar surface area (TPSA) is 120 Å². The molecule has 0 saturated carbocycles. The van der Waals surface area contributed by atoms with Crippen LogP contribution < -0.4 is 11.1 Å². The van der Waals surface area contributed by atoms with Gasteiger partial charge < -0.3 is 11.1 Å². The monoisotopic (exact) mass is 513 g/mol. The first-order valence-corrected chi connectivity index (χ1v) is 10.8. The van der Waals surface area contributed by atoms with Gasteiger partial charge in [0.25, 0.3) is 11.8 Å². The summed E-state index contributed by atoms with van der Waals surface area (Å²) in [6.07, 6.45) is -4.91. The van der Waals surface area contributed by atoms with E-state index < -0.39 is 35.2 Å². The molecule has 0 aliphatic carbocycles. The van der Waals surface area contributed by atoms with Crippen molar-refractivity contribution in [1.82, 2.24) is 14.8 Å². The van der Waals surface area contributed by atoms with E-state index in [-0.39, 0.29) is 40.2 Å². The number of anilines is 1. The number of alkyl halides is 3. The van der Waals surface area contributed by atoms with Crippen molar-refractivity contribution in [2.75, 3.05) is 5.32 Å². The summed E-state index contributed by atoms with van der Waals surface area (Å²) in [7, 11) is 0. The first kappa shape index (κ1) is 25.5. The van der Waals surface area contributed by atoms with Crippen molar-refractivity contribution in [2.45, 2.75) is 26.6 Å². The van der Waals surface area contributed by atoms with Crippen LogP contribution in [0.15, 0.2) is 48.5 Å². The summed E-state index contributed by atoms with van der Waals surface area (Å²) >= 11 is 0. The molecule has 8 nitrogen and oxygen atoms in total. The Labute approximate surface area is 207 Å². The van der Waals surface area contributed by atoms with E-state index in [1.54, 1.807) is 24.3 Å². The number of nitrogens with two attached hydrogens (primary N) is 1. The normalized spacial score (nSPS) is 11.5. The van der Waals surface area contributed by atoms with E-state index in [0.29, 0.717) is 11.1 Å². The average molecular weight is 513 g/mol. The largest absolute Gasteiger partial charge is 0.437 e. The first-order chi connectivity index (χ1) is 17.3. The second kappa shape index (κ2) is 9.45. The van der Waals surface area contributed by atoms with Gasteiger partial charge in [0.2, 0.25) is 0 Å². The Morgan fingerprint density at radius 2 is 1.81 bits per heavy atom. The number of hydrogen-bond donors (Lipinski definition) is 2. The third-order valence-electron chi connectivity index (χ3n) is 5.65. The van der Waals surface area contributed by atoms with Gasteiger partial charge in [-0.1, -0.05) is 18.2 Å². The molecule has 4 aromatic rings. The summed E-state index contributed by atoms with van der Waals surface area (Å²) in [6.45, 7) is 2.62. The van der Waals surface area contributed by atoms with Crippen LogP contribution in [0.25, 0.3) is 10.9 Å². The number of carbonyl (C=O) groups excluding carboxylic acids is 3. The van der Waals surface area contributed by atoms with Crippen LogP contribution in [0.2, 0.25) is 0 Å². The summed E-state index contributed by atoms with van der Waals surface area (Å²) in [5, 5.41) is 6.01. The zero-order valence-corrected chi connectivity index (χ0v) is 19.5. The molecule has 4 rings (SSSR count). The molecule has 37 heavy (non-hydrogen) atoms. The van der Waals surface area contributed by atoms with Crippen molar-refractivity contribution < 1.29 is 31.9 Å². The number of aromatic nitrogens is 3. The Bertz CT molecular complexity index is 1580. The molecular weight excluding hydrogens is 494 g/mol. The number of nitrogens with zero attached hydrogens (tertiary/aromatic N) is 3. The molecule has 0 radical (unpaired) electrons. The fourth-order valence-corrected chi connectivity index (χ4v) is 3.81. The summed E-state index contributed by atoms with van der Waals surface area (Å²) in [5.74, 6) is -2.91. The maximum Gasteiger partial charge on any atom is 0.437 e. The van der Waals surface area contributed by atoms with Gasteiger partial charge in [-0.25, -0.2) is 9.37 Å². The molecular formula is C25H19F4N5O3. The van der Waals surface area contributed by atoms with Crippen molar-refractivity contribution >= 4 is 34.2 Å². The number of benzene rings is 2. The molecule has 0 spiro atoms. The smallest absolute Gasteiger partial charge is 0.364 e. The van der Waals surface area contributed by atoms with Crippen LogP contribution >= 0.6 is 0 Å². The van der Waals surface area contributed by atoms with Gasteiger partial charge in [0, 0.05) is 17.0 Å². The van der Waals surface area contributed by atoms with Gasteiger partial charge in [0.15, 0.2) is 11.5 Å². The second-order valence-electron chi connectivity index (χ2n) is 8.26. The standard InChI is InChI=1S/C25H19F4N5O3/c1-12-21(22(25(27,28)29)33-34(12)11-14-4-3-5-15(8-14)13(2)35)32-24(37)18-10-20(23(30)36)31-19-9-16(26)6-7-17(18)19/h3-10H,11H2,1-2H3,(H2,30,36)(H,32,37). The molecule has 2 aromatic carbocycles. The van der Waals surface area contributed by atoms with Crippen LogP contribution in [0.3, 0.4) is 0 Å². The zero-order valence-electron chi connectivity index (χ0n) is 19.5. The van der Waals surface area contributed by atoms with E-state index in [2.05, 4.69) is 15.4 Å². The van der Waals surface area contributed by atoms with Gasteiger partial charge in [-0.15, -0.1) is 0 Å². The predicted octanol–water partition coefficient (Wildman–Crippen LogP) is 4.50. The van der Waals surface area contributed by atoms with E-state index in [0.717, 1.165) is 22.9 Å². The van der Waals surface area contributed by atoms with Gasteiger partial charge in [0.05, 0.1) is 29.0 Å². The summed E-state index contributed by atoms with van der Waals surface area (Å²) < 4.78 is 56.4. The van der Waals surface area contributed by atoms with Crippen molar-refractivity contribution in [3.05, 3.63) is 88.1 Å². The molecule has 0 unspecified atom stereocenters. The quantitative estimate of drug-likeness (QED) is 0.291. The third-order valence-corrected chi connectivity index (χ3v) is 5.65. The van der Waals surface area contributed by atoms with E-state index in [1.807, 2.05) is 0 Å². The first-order valence-electron chi connectivity index (χ1n) is 10.8. The average Bonchev–Trinajstić information content (AvgIpc) is 3.13. The van der Waals surface area contributed by atoms with E-state index in [9.17, 15) is 31.9 Å². The number of fused-ring (bicyclic) bond motifs is 1. The minimum absolute atomic E-state index is 0.00608. The zero-order chi connectivity index (χ0) is 27.1. The van der Waals surface area contributed by atoms with Crippen molar-refractivity contribution in [1.29, 1.82) is 0 Å². The Morgan fingerprint density at radius 3 is 2.46 bits per heavy atom. The number of primary amides is 1. The fraction of sp³-hybridized carbons (Fsp3) is 0.160. The van der Waals surface area contributed by atoms with E-state index in [4.69, 9.17) is 5.73 Å². The van der Waals surface area contributed by atoms with Crippen LogP contribution in [0.1, 0.15) is 55.1 Å². The molecule has 0 bridgehead atoms. The highest BCUT2D eigenvalue weighted by atomic mass is 19.4. The summed E-state index contributed by atoms with van der Waals surface area (Å²) in [6, 6.07) is 10.6. The molecule has 0 atom stereocenters. The lowest BCUT2D eigenvalue weighted by atomic mass is 10.1. The highest BCUT2D eigenvalue weighted by molar-refractivity contribution is 6.14. The number of Topliss-reactive ketones (excluding diaryl/α,β-unsaturated/α-hetero) is 1. The van der Waals surface area contributed by atoms with Crippen LogP contribution in [0, 0.1) is 12.7 Å². The lowest BCUT2D eigenvalue weighted by Gasteiger charge is -2.12. The molecule has 12 heteroatoms. The fourth-order valence-electron chi connectivity index (χ4n) is 3.81. The van der Waals surface area contributed by atoms with Crippen molar-refractivity contribution in [3.8, 4) is 0 Å². The summed E-state index contributed by atoms with van der Waals surface area (Å²) in [4.78, 5) is 40.5. The van der Waals surface area contributed by atoms with Gasteiger partial charge in [-0.2, -0.15) is 18.3 Å². The molecule has 3 N–H and O–H groups in total. The van der Waals surface area contributed by atoms with Crippen molar-refractivity contribution in [2.24, 2.45) is 5.73 Å². The van der Waals surface area contributed by atoms with Gasteiger partial charge in [-0.3, -0.25) is 19.1 Å². The second-order valence-corrected chi connectivity index (χ2v) is 8.26. The molecule has 0 aliphatic rings. The Balaban J connectivity index is 1.77. The SMILES string of the molecule is CC(=O)c1cccc(Cn2nc(C(F)(F)F)c(NC(=O)c3cc(C(N)=O)nc4cc(F)ccc34)c2C)c1. The Kier molecular flexibility index (Phi) is 6.51. The minimum atomic E-state index is -4.91. The lowest BCUT2D eigenvalue weighted by molar-refractivity contribution is -0.140. The van der Waals surface area contributed by atoms with Crippen molar-refractivity contribution in [3.63, 3.8) is 0 Å². The van der Waals surface area contributed by atoms with E-state index >= 15 is 0 Å². The molecule has 0 saturated heterocycles. The van der Waals surface area contributed by atoms with Crippen LogP contribution in [0.5, 0.6) is 0 Å². The van der Waals surface area contributed by atoms with Crippen LogP contribution in [0.4, 0.5) is 23.2 Å². The van der Waals surface area contributed by atoms with Gasteiger partial charge >= 0.3 is 6.18 Å². The maximum absolute atomic E-state index is 13.9. The van der Waals surface area contributed by atoms with Gasteiger partial charge in [0.1, 0.15) is 11.5 Å². The third kappa shape index (κ3) is 5.17. The molecule has 190 valence electrons. The molecule has 2 heterocycles. The Morgan fingerprint density at radius 1 is 1.08 bits per heavy atom. The Hall–Kier alpha value is -4.61. The molecule has 0 aliphatic heterocycles. The summed E-state index contributed by atoms with van der Waals surface area (Å²) in [5.41, 5.74) is 3.58. The maximum atomic E-state index is 13.9. The highest BCUT2D eigenvalue weighted by Crippen LogP contribution is 2.36. The number of nitrogens with one attached hydrogen (secondary N) is 1. The predicted molar refractivity (Wildman–Crippen MR) is 126 cm³/mol. The van der Waals surface area contributed by atoms with Crippen LogP contribution in [-0.4, -0.2) is 32.4 Å². The number of rotatable bonds is 6. The number of carbonyl (C=O) groups is 3. The number of halogens is 4. The highest BCUT2D eigenvalue weighted by Gasteiger charge is 2.39. The molecule has 2 amide bonds. The molecule has 2 aromatic heterocycles.